The van der Waals surface area contributed by atoms with E-state index in [2.05, 4.69) is 20.6 Å². The summed E-state index contributed by atoms with van der Waals surface area (Å²) in [6.07, 6.45) is 11.3. The first kappa shape index (κ1) is 34.5. The molecule has 0 radical (unpaired) electrons. The van der Waals surface area contributed by atoms with Crippen LogP contribution in [0.3, 0.4) is 0 Å². The first-order valence-electron chi connectivity index (χ1n) is 17.8. The summed E-state index contributed by atoms with van der Waals surface area (Å²) in [7, 11) is 0. The van der Waals surface area contributed by atoms with Gasteiger partial charge in [0.1, 0.15) is 34.4 Å². The summed E-state index contributed by atoms with van der Waals surface area (Å²) in [5.41, 5.74) is 5.54. The lowest BCUT2D eigenvalue weighted by Gasteiger charge is -2.12. The van der Waals surface area contributed by atoms with Gasteiger partial charge < -0.3 is 24.1 Å². The number of hydrogen-bond donors (Lipinski definition) is 1. The summed E-state index contributed by atoms with van der Waals surface area (Å²) in [4.78, 5) is 0. The molecule has 0 fully saturated rings. The standard InChI is InChI=1S/C41H42N6O5/c48-30-32-22-37-27-38(23-32)52-21-9-3-7-19-50-36-17-11-15-34(26-36)47-29-41(43-45-47)39(24-31-12-4-1-5-13-31)40-28-46(44-42-40)33-14-10-16-35(25-33)49-18-6-2-8-20-51-37/h1,4-5,10-17,22-29,48H,2-3,6-9,18-21,30H2. The summed E-state index contributed by atoms with van der Waals surface area (Å²) < 4.78 is 27.7. The van der Waals surface area contributed by atoms with Crippen molar-refractivity contribution in [3.8, 4) is 34.4 Å². The van der Waals surface area contributed by atoms with Gasteiger partial charge >= 0.3 is 0 Å². The van der Waals surface area contributed by atoms with E-state index in [0.717, 1.165) is 78.1 Å². The molecule has 3 heterocycles. The Labute approximate surface area is 303 Å². The number of aliphatic hydroxyl groups excluding tert-OH is 1. The number of nitrogens with zero attached hydrogens (tertiary/aromatic N) is 6. The van der Waals surface area contributed by atoms with Crippen molar-refractivity contribution in [2.75, 3.05) is 26.4 Å². The van der Waals surface area contributed by atoms with Gasteiger partial charge in [0.2, 0.25) is 0 Å². The topological polar surface area (TPSA) is 119 Å². The Balaban J connectivity index is 1.12. The summed E-state index contributed by atoms with van der Waals surface area (Å²) in [6.45, 7) is 2.22. The number of hydrogen-bond acceptors (Lipinski definition) is 9. The second kappa shape index (κ2) is 17.3. The van der Waals surface area contributed by atoms with E-state index in [0.29, 0.717) is 49.3 Å². The second-order valence-corrected chi connectivity index (χ2v) is 12.5. The van der Waals surface area contributed by atoms with E-state index in [1.807, 2.05) is 116 Å². The molecule has 1 aliphatic rings. The fourth-order valence-corrected chi connectivity index (χ4v) is 5.86. The van der Waals surface area contributed by atoms with Crippen LogP contribution in [0.1, 0.15) is 61.0 Å². The number of aromatic nitrogens is 6. The van der Waals surface area contributed by atoms with Gasteiger partial charge in [-0.25, -0.2) is 9.36 Å². The van der Waals surface area contributed by atoms with Gasteiger partial charge in [0.05, 0.1) is 56.8 Å². The molecule has 2 aromatic heterocycles. The highest BCUT2D eigenvalue weighted by atomic mass is 16.5. The van der Waals surface area contributed by atoms with Crippen LogP contribution in [0.25, 0.3) is 23.0 Å². The highest BCUT2D eigenvalue weighted by molar-refractivity contribution is 5.88. The molecule has 0 saturated heterocycles. The lowest BCUT2D eigenvalue weighted by Crippen LogP contribution is -2.03. The summed E-state index contributed by atoms with van der Waals surface area (Å²) in [5.74, 6) is 2.91. The van der Waals surface area contributed by atoms with Crippen molar-refractivity contribution in [2.24, 2.45) is 0 Å². The average Bonchev–Trinajstić information content (AvgIpc) is 3.88. The smallest absolute Gasteiger partial charge is 0.123 e. The normalized spacial score (nSPS) is 14.5. The number of rotatable bonds is 2. The lowest BCUT2D eigenvalue weighted by molar-refractivity contribution is 0.264. The molecule has 10 bridgehead atoms. The fourth-order valence-electron chi connectivity index (χ4n) is 5.86. The Morgan fingerprint density at radius 2 is 1.04 bits per heavy atom. The van der Waals surface area contributed by atoms with Crippen LogP contribution in [-0.4, -0.2) is 61.5 Å². The minimum atomic E-state index is -0.0763. The van der Waals surface area contributed by atoms with Gasteiger partial charge in [-0.2, -0.15) is 0 Å². The van der Waals surface area contributed by atoms with Crippen LogP contribution in [0.15, 0.2) is 109 Å². The Morgan fingerprint density at radius 3 is 1.54 bits per heavy atom. The lowest BCUT2D eigenvalue weighted by atomic mass is 10.1. The van der Waals surface area contributed by atoms with Crippen molar-refractivity contribution >= 4 is 11.6 Å². The number of aliphatic hydroxyl groups is 1. The van der Waals surface area contributed by atoms with Crippen molar-refractivity contribution in [1.29, 1.82) is 0 Å². The monoisotopic (exact) mass is 698 g/mol. The van der Waals surface area contributed by atoms with Gasteiger partial charge in [-0.15, -0.1) is 10.2 Å². The van der Waals surface area contributed by atoms with Gasteiger partial charge in [-0.1, -0.05) is 52.9 Å². The zero-order valence-corrected chi connectivity index (χ0v) is 29.0. The molecule has 0 amide bonds. The number of fused-ring (bicyclic) bond motifs is 12. The second-order valence-electron chi connectivity index (χ2n) is 12.5. The SMILES string of the molecule is OCc1cc2cc(c1)OCCCCCOc1cccc(c1)-n1cc(nn1)C(=Cc1ccccc1)c1cn(nn1)-c1cccc(c1)OCCCCCO2. The highest BCUT2D eigenvalue weighted by Crippen LogP contribution is 2.27. The van der Waals surface area contributed by atoms with E-state index in [9.17, 15) is 5.11 Å². The maximum atomic E-state index is 9.77. The van der Waals surface area contributed by atoms with Gasteiger partial charge in [0, 0.05) is 23.8 Å². The molecule has 0 spiro atoms. The quantitative estimate of drug-likeness (QED) is 0.196. The molecule has 7 rings (SSSR count). The Hall–Kier alpha value is -5.94. The predicted octanol–water partition coefficient (Wildman–Crippen LogP) is 7.50. The minimum absolute atomic E-state index is 0.0763. The Bertz CT molecular complexity index is 1960. The Kier molecular flexibility index (Phi) is 11.5. The molecule has 11 heteroatoms. The molecule has 11 nitrogen and oxygen atoms in total. The van der Waals surface area contributed by atoms with Crippen LogP contribution in [-0.2, 0) is 6.61 Å². The van der Waals surface area contributed by atoms with Gasteiger partial charge in [-0.3, -0.25) is 0 Å². The first-order chi connectivity index (χ1) is 25.7. The van der Waals surface area contributed by atoms with Crippen molar-refractivity contribution in [1.82, 2.24) is 30.0 Å². The van der Waals surface area contributed by atoms with Crippen LogP contribution in [0.4, 0.5) is 0 Å². The van der Waals surface area contributed by atoms with E-state index >= 15 is 0 Å². The summed E-state index contributed by atoms with van der Waals surface area (Å²) in [5, 5.41) is 27.8. The van der Waals surface area contributed by atoms with Gasteiger partial charge in [0.15, 0.2) is 0 Å². The third-order valence-corrected chi connectivity index (χ3v) is 8.59. The maximum Gasteiger partial charge on any atom is 0.123 e. The molecular formula is C41H42N6O5. The van der Waals surface area contributed by atoms with Crippen LogP contribution >= 0.6 is 0 Å². The molecule has 0 aliphatic carbocycles. The van der Waals surface area contributed by atoms with E-state index in [-0.39, 0.29) is 6.61 Å². The van der Waals surface area contributed by atoms with Gasteiger partial charge in [-0.05, 0) is 92.1 Å². The van der Waals surface area contributed by atoms with Crippen LogP contribution in [0.5, 0.6) is 23.0 Å². The third-order valence-electron chi connectivity index (χ3n) is 8.59. The van der Waals surface area contributed by atoms with E-state index < -0.39 is 0 Å². The Morgan fingerprint density at radius 1 is 0.538 bits per heavy atom. The maximum absolute atomic E-state index is 9.77. The average molecular weight is 699 g/mol. The van der Waals surface area contributed by atoms with Crippen molar-refractivity contribution < 1.29 is 24.1 Å². The zero-order chi connectivity index (χ0) is 35.4. The third kappa shape index (κ3) is 9.23. The molecule has 266 valence electrons. The van der Waals surface area contributed by atoms with Crippen molar-refractivity contribution in [2.45, 2.75) is 45.1 Å². The summed E-state index contributed by atoms with van der Waals surface area (Å²) in [6, 6.07) is 31.3. The van der Waals surface area contributed by atoms with Crippen molar-refractivity contribution in [3.63, 3.8) is 0 Å². The molecule has 0 saturated carbocycles. The van der Waals surface area contributed by atoms with Crippen LogP contribution in [0, 0.1) is 0 Å². The predicted molar refractivity (Wildman–Crippen MR) is 198 cm³/mol. The van der Waals surface area contributed by atoms with E-state index in [4.69, 9.17) is 18.9 Å². The fraction of sp³-hybridized carbons (Fsp3) is 0.268. The molecule has 0 atom stereocenters. The molecule has 1 aliphatic heterocycles. The van der Waals surface area contributed by atoms with Crippen LogP contribution < -0.4 is 18.9 Å². The molecule has 0 unspecified atom stereocenters. The van der Waals surface area contributed by atoms with Gasteiger partial charge in [0.25, 0.3) is 0 Å². The molecular weight excluding hydrogens is 656 g/mol. The molecule has 4 aromatic carbocycles. The summed E-state index contributed by atoms with van der Waals surface area (Å²) >= 11 is 0. The van der Waals surface area contributed by atoms with E-state index in [1.54, 1.807) is 9.36 Å². The first-order valence-corrected chi connectivity index (χ1v) is 17.8. The highest BCUT2D eigenvalue weighted by Gasteiger charge is 2.16. The molecule has 52 heavy (non-hydrogen) atoms. The number of benzene rings is 4. The minimum Gasteiger partial charge on any atom is -0.494 e. The van der Waals surface area contributed by atoms with Crippen LogP contribution in [0.2, 0.25) is 0 Å². The number of ether oxygens (including phenoxy) is 4. The zero-order valence-electron chi connectivity index (χ0n) is 29.0. The van der Waals surface area contributed by atoms with Crippen molar-refractivity contribution in [3.05, 3.63) is 132 Å². The molecule has 6 aromatic rings. The van der Waals surface area contributed by atoms with E-state index in [1.165, 1.54) is 0 Å². The largest absolute Gasteiger partial charge is 0.494 e. The molecule has 1 N–H and O–H groups in total.